The van der Waals surface area contributed by atoms with Gasteiger partial charge in [-0.3, -0.25) is 14.6 Å². The van der Waals surface area contributed by atoms with Gasteiger partial charge in [0, 0.05) is 44.0 Å². The Morgan fingerprint density at radius 3 is 2.56 bits per heavy atom. The van der Waals surface area contributed by atoms with Crippen LogP contribution in [0.3, 0.4) is 0 Å². The first-order valence-corrected chi connectivity index (χ1v) is 11.2. The third-order valence-corrected chi connectivity index (χ3v) is 6.11. The maximum atomic E-state index is 12.9. The Morgan fingerprint density at radius 2 is 1.81 bits per heavy atom. The van der Waals surface area contributed by atoms with Gasteiger partial charge in [-0.15, -0.1) is 0 Å². The molecule has 0 spiro atoms. The van der Waals surface area contributed by atoms with Crippen molar-refractivity contribution in [2.75, 3.05) is 20.1 Å². The van der Waals surface area contributed by atoms with Crippen LogP contribution in [-0.4, -0.2) is 41.8 Å². The number of likely N-dealkylation sites (N-methyl/N-ethyl adjacent to an activating group) is 1. The summed E-state index contributed by atoms with van der Waals surface area (Å²) in [6, 6.07) is 20.1. The topological polar surface area (TPSA) is 62.3 Å². The second-order valence-electron chi connectivity index (χ2n) is 8.44. The van der Waals surface area contributed by atoms with Crippen molar-refractivity contribution in [3.05, 3.63) is 89.7 Å². The SMILES string of the molecule is CN(CCc1ccncc1)C(=O)c1cccc(-c2ccc(CC3CCCNC3=O)cc2)c1. The molecule has 2 amide bonds. The number of amides is 2. The molecule has 164 valence electrons. The van der Waals surface area contributed by atoms with Crippen molar-refractivity contribution in [2.45, 2.75) is 25.7 Å². The molecule has 1 aromatic heterocycles. The van der Waals surface area contributed by atoms with E-state index in [1.807, 2.05) is 43.4 Å². The first kappa shape index (κ1) is 21.8. The maximum Gasteiger partial charge on any atom is 0.253 e. The quantitative estimate of drug-likeness (QED) is 0.617. The van der Waals surface area contributed by atoms with E-state index in [2.05, 4.69) is 34.6 Å². The van der Waals surface area contributed by atoms with Gasteiger partial charge in [0.05, 0.1) is 0 Å². The van der Waals surface area contributed by atoms with Crippen LogP contribution in [0.15, 0.2) is 73.1 Å². The fourth-order valence-electron chi connectivity index (χ4n) is 4.15. The molecule has 1 aliphatic heterocycles. The fourth-order valence-corrected chi connectivity index (χ4v) is 4.15. The molecule has 32 heavy (non-hydrogen) atoms. The lowest BCUT2D eigenvalue weighted by Gasteiger charge is -2.21. The molecule has 2 heterocycles. The molecule has 1 saturated heterocycles. The Labute approximate surface area is 189 Å². The van der Waals surface area contributed by atoms with Crippen LogP contribution >= 0.6 is 0 Å². The van der Waals surface area contributed by atoms with E-state index in [1.54, 1.807) is 17.3 Å². The molecule has 4 rings (SSSR count). The smallest absolute Gasteiger partial charge is 0.253 e. The van der Waals surface area contributed by atoms with E-state index in [0.717, 1.165) is 43.4 Å². The van der Waals surface area contributed by atoms with Crippen molar-refractivity contribution < 1.29 is 9.59 Å². The molecule has 1 unspecified atom stereocenters. The first-order chi connectivity index (χ1) is 15.6. The zero-order valence-corrected chi connectivity index (χ0v) is 18.5. The lowest BCUT2D eigenvalue weighted by molar-refractivity contribution is -0.126. The molecule has 0 aliphatic carbocycles. The number of pyridine rings is 1. The lowest BCUT2D eigenvalue weighted by Crippen LogP contribution is -2.37. The zero-order chi connectivity index (χ0) is 22.3. The second kappa shape index (κ2) is 10.2. The molecule has 0 saturated carbocycles. The summed E-state index contributed by atoms with van der Waals surface area (Å²) < 4.78 is 0. The maximum absolute atomic E-state index is 12.9. The molecule has 2 aromatic carbocycles. The summed E-state index contributed by atoms with van der Waals surface area (Å²) in [4.78, 5) is 30.7. The number of hydrogen-bond acceptors (Lipinski definition) is 3. The summed E-state index contributed by atoms with van der Waals surface area (Å²) in [5.41, 5.74) is 5.09. The van der Waals surface area contributed by atoms with Crippen molar-refractivity contribution in [1.29, 1.82) is 0 Å². The predicted molar refractivity (Wildman–Crippen MR) is 126 cm³/mol. The highest BCUT2D eigenvalue weighted by atomic mass is 16.2. The molecule has 3 aromatic rings. The zero-order valence-electron chi connectivity index (χ0n) is 18.5. The molecule has 0 radical (unpaired) electrons. The summed E-state index contributed by atoms with van der Waals surface area (Å²) in [6.07, 6.45) is 7.11. The van der Waals surface area contributed by atoms with Gasteiger partial charge >= 0.3 is 0 Å². The number of carbonyl (C=O) groups is 2. The molecule has 1 fully saturated rings. The number of nitrogens with one attached hydrogen (secondary N) is 1. The Balaban J connectivity index is 1.40. The molecule has 1 N–H and O–H groups in total. The Kier molecular flexibility index (Phi) is 6.95. The summed E-state index contributed by atoms with van der Waals surface area (Å²) in [7, 11) is 1.84. The van der Waals surface area contributed by atoms with Gasteiger partial charge in [0.15, 0.2) is 0 Å². The van der Waals surface area contributed by atoms with Gasteiger partial charge in [0.2, 0.25) is 5.91 Å². The predicted octanol–water partition coefficient (Wildman–Crippen LogP) is 4.13. The van der Waals surface area contributed by atoms with Crippen LogP contribution in [0.4, 0.5) is 0 Å². The number of nitrogens with zero attached hydrogens (tertiary/aromatic N) is 2. The number of aromatic nitrogens is 1. The highest BCUT2D eigenvalue weighted by Gasteiger charge is 2.22. The summed E-state index contributed by atoms with van der Waals surface area (Å²) >= 11 is 0. The van der Waals surface area contributed by atoms with E-state index >= 15 is 0 Å². The summed E-state index contributed by atoms with van der Waals surface area (Å²) in [5, 5.41) is 2.96. The standard InChI is InChI=1S/C27H29N3O2/c1-30(17-13-20-11-15-28-16-12-20)27(32)25-5-2-4-23(19-25)22-9-7-21(8-10-22)18-24-6-3-14-29-26(24)31/h2,4-5,7-12,15-16,19,24H,3,6,13-14,17-18H2,1H3,(H,29,31). The third-order valence-electron chi connectivity index (χ3n) is 6.11. The van der Waals surface area contributed by atoms with Crippen molar-refractivity contribution in [1.82, 2.24) is 15.2 Å². The van der Waals surface area contributed by atoms with E-state index in [0.29, 0.717) is 12.1 Å². The van der Waals surface area contributed by atoms with E-state index in [1.165, 1.54) is 11.1 Å². The second-order valence-corrected chi connectivity index (χ2v) is 8.44. The van der Waals surface area contributed by atoms with Crippen LogP contribution in [0.2, 0.25) is 0 Å². The highest BCUT2D eigenvalue weighted by Crippen LogP contribution is 2.24. The molecule has 5 heteroatoms. The van der Waals surface area contributed by atoms with Gasteiger partial charge in [0.25, 0.3) is 5.91 Å². The van der Waals surface area contributed by atoms with Crippen molar-refractivity contribution in [3.8, 4) is 11.1 Å². The van der Waals surface area contributed by atoms with Gasteiger partial charge in [-0.2, -0.15) is 0 Å². The Bertz CT molecular complexity index is 1060. The van der Waals surface area contributed by atoms with E-state index < -0.39 is 0 Å². The van der Waals surface area contributed by atoms with E-state index in [4.69, 9.17) is 0 Å². The van der Waals surface area contributed by atoms with Crippen LogP contribution in [0, 0.1) is 5.92 Å². The minimum atomic E-state index is 0.0147. The van der Waals surface area contributed by atoms with E-state index in [-0.39, 0.29) is 17.7 Å². The Hall–Kier alpha value is -3.47. The normalized spacial score (nSPS) is 15.8. The number of benzene rings is 2. The minimum Gasteiger partial charge on any atom is -0.356 e. The molecule has 5 nitrogen and oxygen atoms in total. The minimum absolute atomic E-state index is 0.0147. The lowest BCUT2D eigenvalue weighted by atomic mass is 9.91. The van der Waals surface area contributed by atoms with Crippen molar-refractivity contribution in [3.63, 3.8) is 0 Å². The Morgan fingerprint density at radius 1 is 1.03 bits per heavy atom. The first-order valence-electron chi connectivity index (χ1n) is 11.2. The van der Waals surface area contributed by atoms with Crippen LogP contribution in [0.25, 0.3) is 11.1 Å². The molecular weight excluding hydrogens is 398 g/mol. The van der Waals surface area contributed by atoms with Crippen molar-refractivity contribution in [2.24, 2.45) is 5.92 Å². The van der Waals surface area contributed by atoms with Crippen LogP contribution in [-0.2, 0) is 17.6 Å². The fraction of sp³-hybridized carbons (Fsp3) is 0.296. The van der Waals surface area contributed by atoms with Crippen LogP contribution in [0.5, 0.6) is 0 Å². The van der Waals surface area contributed by atoms with Crippen LogP contribution < -0.4 is 5.32 Å². The van der Waals surface area contributed by atoms with Gasteiger partial charge in [-0.25, -0.2) is 0 Å². The molecule has 0 bridgehead atoms. The molecular formula is C27H29N3O2. The monoisotopic (exact) mass is 427 g/mol. The number of piperidine rings is 1. The molecule has 1 aliphatic rings. The van der Waals surface area contributed by atoms with Gasteiger partial charge in [0.1, 0.15) is 0 Å². The van der Waals surface area contributed by atoms with E-state index in [9.17, 15) is 9.59 Å². The average molecular weight is 428 g/mol. The highest BCUT2D eigenvalue weighted by molar-refractivity contribution is 5.95. The van der Waals surface area contributed by atoms with Crippen LogP contribution in [0.1, 0.15) is 34.3 Å². The number of hydrogen-bond donors (Lipinski definition) is 1. The summed E-state index contributed by atoms with van der Waals surface area (Å²) in [6.45, 7) is 1.44. The number of carbonyl (C=O) groups excluding carboxylic acids is 2. The van der Waals surface area contributed by atoms with Crippen molar-refractivity contribution >= 4 is 11.8 Å². The number of rotatable bonds is 7. The van der Waals surface area contributed by atoms with Gasteiger partial charge in [-0.1, -0.05) is 36.4 Å². The average Bonchev–Trinajstić information content (AvgIpc) is 2.84. The van der Waals surface area contributed by atoms with Gasteiger partial charge in [-0.05, 0) is 72.2 Å². The third kappa shape index (κ3) is 5.41. The summed E-state index contributed by atoms with van der Waals surface area (Å²) in [5.74, 6) is 0.249. The largest absolute Gasteiger partial charge is 0.356 e. The molecule has 1 atom stereocenters. The van der Waals surface area contributed by atoms with Gasteiger partial charge < -0.3 is 10.2 Å².